The van der Waals surface area contributed by atoms with E-state index in [1.165, 1.54) is 4.90 Å². The van der Waals surface area contributed by atoms with Crippen LogP contribution in [0.3, 0.4) is 0 Å². The van der Waals surface area contributed by atoms with Gasteiger partial charge in [0.1, 0.15) is 11.7 Å². The number of nitrogens with one attached hydrogen (secondary N) is 2. The lowest BCUT2D eigenvalue weighted by Gasteiger charge is -2.40. The molecule has 2 aromatic rings. The van der Waals surface area contributed by atoms with Crippen molar-refractivity contribution in [3.8, 4) is 0 Å². The van der Waals surface area contributed by atoms with E-state index >= 15 is 0 Å². The Bertz CT molecular complexity index is 861. The number of pyridine rings is 1. The summed E-state index contributed by atoms with van der Waals surface area (Å²) in [5.41, 5.74) is 0.727. The van der Waals surface area contributed by atoms with Crippen molar-refractivity contribution in [1.29, 1.82) is 0 Å². The lowest BCUT2D eigenvalue weighted by Crippen LogP contribution is -2.60. The average Bonchev–Trinajstić information content (AvgIpc) is 3.21. The summed E-state index contributed by atoms with van der Waals surface area (Å²) >= 11 is 0. The molecule has 7 heteroatoms. The van der Waals surface area contributed by atoms with Crippen LogP contribution in [-0.4, -0.2) is 49.5 Å². The monoisotopic (exact) mass is 356 g/mol. The van der Waals surface area contributed by atoms with Crippen molar-refractivity contribution in [1.82, 2.24) is 20.2 Å². The first kappa shape index (κ1) is 17.0. The number of nitrogens with zero attached hydrogens (tertiary/aromatic N) is 2. The Labute approximate surface area is 151 Å². The maximum Gasteiger partial charge on any atom is 0.257 e. The van der Waals surface area contributed by atoms with Gasteiger partial charge in [0.05, 0.1) is 11.2 Å². The number of carbonyl (C=O) groups excluding carboxylic acids is 2. The second-order valence-corrected chi connectivity index (χ2v) is 7.88. The standard InChI is InChI=1S/C19H24N4O3/c1-19(2,26)15(17(24)22-12-5-3-4-6-12)23-10-11-7-8-20-16-14(11)13(9-21-16)18(23)25/h7-9,12,15,26H,3-6,10H2,1-2H3,(H,20,21)(H,22,24)/t15-/m0/s1. The van der Waals surface area contributed by atoms with Crippen molar-refractivity contribution >= 4 is 22.8 Å². The molecule has 1 aliphatic carbocycles. The molecule has 26 heavy (non-hydrogen) atoms. The molecule has 0 radical (unpaired) electrons. The quantitative estimate of drug-likeness (QED) is 0.777. The molecule has 1 fully saturated rings. The molecule has 2 aromatic heterocycles. The summed E-state index contributed by atoms with van der Waals surface area (Å²) in [7, 11) is 0. The third-order valence-corrected chi connectivity index (χ3v) is 5.42. The van der Waals surface area contributed by atoms with E-state index in [0.717, 1.165) is 36.6 Å². The molecular formula is C19H24N4O3. The van der Waals surface area contributed by atoms with Crippen LogP contribution in [0.4, 0.5) is 0 Å². The number of aliphatic hydroxyl groups is 1. The van der Waals surface area contributed by atoms with Gasteiger partial charge in [0.25, 0.3) is 5.91 Å². The van der Waals surface area contributed by atoms with Gasteiger partial charge in [0.15, 0.2) is 0 Å². The van der Waals surface area contributed by atoms with Crippen LogP contribution < -0.4 is 5.32 Å². The SMILES string of the molecule is CC(C)(O)[C@H](C(=O)NC1CCCC1)N1Cc2ccnc3[nH]cc(c23)C1=O. The molecule has 2 amide bonds. The molecule has 0 bridgehead atoms. The topological polar surface area (TPSA) is 98.3 Å². The van der Waals surface area contributed by atoms with Crippen LogP contribution in [0, 0.1) is 0 Å². The van der Waals surface area contributed by atoms with E-state index in [-0.39, 0.29) is 24.4 Å². The van der Waals surface area contributed by atoms with Crippen molar-refractivity contribution in [3.05, 3.63) is 29.6 Å². The van der Waals surface area contributed by atoms with Gasteiger partial charge in [0, 0.05) is 30.4 Å². The maximum absolute atomic E-state index is 13.1. The van der Waals surface area contributed by atoms with Gasteiger partial charge in [-0.15, -0.1) is 0 Å². The zero-order valence-corrected chi connectivity index (χ0v) is 15.1. The molecule has 1 atom stereocenters. The average molecular weight is 356 g/mol. The van der Waals surface area contributed by atoms with Crippen LogP contribution in [0.5, 0.6) is 0 Å². The van der Waals surface area contributed by atoms with Crippen molar-refractivity contribution in [2.45, 2.75) is 63.8 Å². The van der Waals surface area contributed by atoms with Crippen molar-refractivity contribution in [3.63, 3.8) is 0 Å². The Morgan fingerprint density at radius 3 is 2.85 bits per heavy atom. The normalized spacial score (nSPS) is 19.2. The molecule has 7 nitrogen and oxygen atoms in total. The van der Waals surface area contributed by atoms with E-state index in [9.17, 15) is 14.7 Å². The van der Waals surface area contributed by atoms with Crippen LogP contribution in [0.2, 0.25) is 0 Å². The molecule has 1 saturated carbocycles. The van der Waals surface area contributed by atoms with Gasteiger partial charge in [-0.25, -0.2) is 4.98 Å². The summed E-state index contributed by atoms with van der Waals surface area (Å²) in [6, 6.07) is 1.03. The molecule has 0 saturated heterocycles. The zero-order chi connectivity index (χ0) is 18.5. The second-order valence-electron chi connectivity index (χ2n) is 7.88. The molecule has 1 aliphatic heterocycles. The Kier molecular flexibility index (Phi) is 3.99. The second kappa shape index (κ2) is 6.09. The number of aromatic amines is 1. The van der Waals surface area contributed by atoms with Crippen molar-refractivity contribution < 1.29 is 14.7 Å². The number of hydrogen-bond donors (Lipinski definition) is 3. The third-order valence-electron chi connectivity index (χ3n) is 5.42. The van der Waals surface area contributed by atoms with Gasteiger partial charge >= 0.3 is 0 Å². The highest BCUT2D eigenvalue weighted by Gasteiger charge is 2.44. The molecule has 0 aromatic carbocycles. The maximum atomic E-state index is 13.1. The minimum absolute atomic E-state index is 0.127. The van der Waals surface area contributed by atoms with E-state index in [0.29, 0.717) is 11.2 Å². The van der Waals surface area contributed by atoms with Crippen LogP contribution in [0.25, 0.3) is 11.0 Å². The Morgan fingerprint density at radius 1 is 1.42 bits per heavy atom. The first-order valence-electron chi connectivity index (χ1n) is 9.15. The summed E-state index contributed by atoms with van der Waals surface area (Å²) in [6.45, 7) is 3.43. The summed E-state index contributed by atoms with van der Waals surface area (Å²) in [4.78, 5) is 34.8. The lowest BCUT2D eigenvalue weighted by atomic mass is 9.92. The fourth-order valence-corrected chi connectivity index (χ4v) is 4.24. The molecule has 2 aliphatic rings. The van der Waals surface area contributed by atoms with Gasteiger partial charge in [-0.3, -0.25) is 9.59 Å². The number of aromatic nitrogens is 2. The predicted molar refractivity (Wildman–Crippen MR) is 96.5 cm³/mol. The van der Waals surface area contributed by atoms with Crippen LogP contribution in [-0.2, 0) is 11.3 Å². The molecule has 0 spiro atoms. The van der Waals surface area contributed by atoms with Crippen molar-refractivity contribution in [2.24, 2.45) is 0 Å². The highest BCUT2D eigenvalue weighted by Crippen LogP contribution is 2.32. The lowest BCUT2D eigenvalue weighted by molar-refractivity contribution is -0.134. The molecule has 138 valence electrons. The molecule has 3 heterocycles. The summed E-state index contributed by atoms with van der Waals surface area (Å²) in [6.07, 6.45) is 7.41. The van der Waals surface area contributed by atoms with Crippen LogP contribution in [0.15, 0.2) is 18.5 Å². The summed E-state index contributed by atoms with van der Waals surface area (Å²) in [5.74, 6) is -0.549. The largest absolute Gasteiger partial charge is 0.388 e. The van der Waals surface area contributed by atoms with Gasteiger partial charge in [-0.05, 0) is 38.3 Å². The van der Waals surface area contributed by atoms with Crippen LogP contribution >= 0.6 is 0 Å². The number of carbonyl (C=O) groups is 2. The predicted octanol–water partition coefficient (Wildman–Crippen LogP) is 1.72. The zero-order valence-electron chi connectivity index (χ0n) is 15.1. The van der Waals surface area contributed by atoms with E-state index in [1.807, 2.05) is 6.07 Å². The van der Waals surface area contributed by atoms with Gasteiger partial charge in [0.2, 0.25) is 5.91 Å². The molecule has 4 rings (SSSR count). The number of H-pyrrole nitrogens is 1. The van der Waals surface area contributed by atoms with E-state index in [1.54, 1.807) is 26.2 Å². The first-order chi connectivity index (χ1) is 12.4. The van der Waals surface area contributed by atoms with E-state index in [2.05, 4.69) is 15.3 Å². The highest BCUT2D eigenvalue weighted by atomic mass is 16.3. The fraction of sp³-hybridized carbons (Fsp3) is 0.526. The number of rotatable bonds is 4. The Hall–Kier alpha value is -2.41. The minimum Gasteiger partial charge on any atom is -0.388 e. The third kappa shape index (κ3) is 2.76. The molecule has 0 unspecified atom stereocenters. The van der Waals surface area contributed by atoms with E-state index in [4.69, 9.17) is 0 Å². The smallest absolute Gasteiger partial charge is 0.257 e. The summed E-state index contributed by atoms with van der Waals surface area (Å²) in [5, 5.41) is 14.5. The number of amides is 2. The highest BCUT2D eigenvalue weighted by molar-refractivity contribution is 6.10. The van der Waals surface area contributed by atoms with Crippen LogP contribution in [0.1, 0.15) is 55.5 Å². The van der Waals surface area contributed by atoms with E-state index < -0.39 is 11.6 Å². The molecule has 3 N–H and O–H groups in total. The van der Waals surface area contributed by atoms with Crippen molar-refractivity contribution in [2.75, 3.05) is 0 Å². The summed E-state index contributed by atoms with van der Waals surface area (Å²) < 4.78 is 0. The first-order valence-corrected chi connectivity index (χ1v) is 9.15. The van der Waals surface area contributed by atoms with Gasteiger partial charge in [-0.2, -0.15) is 0 Å². The number of hydrogen-bond acceptors (Lipinski definition) is 4. The van der Waals surface area contributed by atoms with Gasteiger partial charge < -0.3 is 20.3 Å². The van der Waals surface area contributed by atoms with Gasteiger partial charge in [-0.1, -0.05) is 12.8 Å². The molecular weight excluding hydrogens is 332 g/mol. The minimum atomic E-state index is -1.36. The Morgan fingerprint density at radius 2 is 2.15 bits per heavy atom. The Balaban J connectivity index is 1.68. The fourth-order valence-electron chi connectivity index (χ4n) is 4.24.